The average Bonchev–Trinajstić information content (AvgIpc) is 2.44. The van der Waals surface area contributed by atoms with E-state index in [2.05, 4.69) is 0 Å². The van der Waals surface area contributed by atoms with Gasteiger partial charge in [-0.25, -0.2) is 0 Å². The molecule has 5 nitrogen and oxygen atoms in total. The Hall–Kier alpha value is -2.04. The summed E-state index contributed by atoms with van der Waals surface area (Å²) in [5, 5.41) is 0. The molecule has 0 unspecified atom stereocenters. The van der Waals surface area contributed by atoms with Crippen LogP contribution >= 0.6 is 0 Å². The molecule has 0 spiro atoms. The standard InChI is InChI=1S/C14H19NO4/c1-4-19-13(16)9-10-15(2)14(17)11-5-7-12(18-3)8-6-11/h5-8H,4,9-10H2,1-3H3. The molecule has 0 saturated heterocycles. The van der Waals surface area contributed by atoms with E-state index in [1.807, 2.05) is 0 Å². The van der Waals surface area contributed by atoms with E-state index in [0.29, 0.717) is 24.5 Å². The first kappa shape index (κ1) is 15.0. The molecular formula is C14H19NO4. The number of methoxy groups -OCH3 is 1. The molecule has 1 rings (SSSR count). The molecule has 0 aliphatic carbocycles. The lowest BCUT2D eigenvalue weighted by atomic mass is 10.2. The van der Waals surface area contributed by atoms with Gasteiger partial charge in [0, 0.05) is 19.2 Å². The minimum Gasteiger partial charge on any atom is -0.497 e. The molecule has 0 fully saturated rings. The highest BCUT2D eigenvalue weighted by Gasteiger charge is 2.13. The molecule has 0 atom stereocenters. The molecule has 1 amide bonds. The summed E-state index contributed by atoms with van der Waals surface area (Å²) < 4.78 is 9.84. The lowest BCUT2D eigenvalue weighted by Gasteiger charge is -2.16. The Morgan fingerprint density at radius 2 is 1.84 bits per heavy atom. The van der Waals surface area contributed by atoms with E-state index in [-0.39, 0.29) is 18.3 Å². The number of carbonyl (C=O) groups is 2. The highest BCUT2D eigenvalue weighted by molar-refractivity contribution is 5.94. The molecule has 0 aromatic heterocycles. The van der Waals surface area contributed by atoms with Gasteiger partial charge in [0.05, 0.1) is 20.1 Å². The van der Waals surface area contributed by atoms with Crippen molar-refractivity contribution < 1.29 is 19.1 Å². The Bertz CT molecular complexity index is 428. The van der Waals surface area contributed by atoms with Crippen molar-refractivity contribution in [1.29, 1.82) is 0 Å². The summed E-state index contributed by atoms with van der Waals surface area (Å²) in [6, 6.07) is 6.85. The van der Waals surface area contributed by atoms with Crippen molar-refractivity contribution in [3.8, 4) is 5.75 Å². The third kappa shape index (κ3) is 4.62. The maximum absolute atomic E-state index is 12.0. The van der Waals surface area contributed by atoms with Gasteiger partial charge in [-0.1, -0.05) is 0 Å². The molecule has 0 aliphatic heterocycles. The highest BCUT2D eigenvalue weighted by atomic mass is 16.5. The van der Waals surface area contributed by atoms with Crippen LogP contribution < -0.4 is 4.74 Å². The van der Waals surface area contributed by atoms with Crippen molar-refractivity contribution in [3.05, 3.63) is 29.8 Å². The smallest absolute Gasteiger partial charge is 0.307 e. The van der Waals surface area contributed by atoms with Crippen molar-refractivity contribution in [1.82, 2.24) is 4.90 Å². The minimum atomic E-state index is -0.295. The fourth-order valence-corrected chi connectivity index (χ4v) is 1.55. The number of hydrogen-bond acceptors (Lipinski definition) is 4. The Kier molecular flexibility index (Phi) is 5.85. The summed E-state index contributed by atoms with van der Waals surface area (Å²) >= 11 is 0. The second-order valence-corrected chi connectivity index (χ2v) is 4.01. The van der Waals surface area contributed by atoms with Gasteiger partial charge in [0.25, 0.3) is 5.91 Å². The molecule has 0 N–H and O–H groups in total. The molecule has 19 heavy (non-hydrogen) atoms. The maximum atomic E-state index is 12.0. The lowest BCUT2D eigenvalue weighted by molar-refractivity contribution is -0.143. The fourth-order valence-electron chi connectivity index (χ4n) is 1.55. The van der Waals surface area contributed by atoms with Gasteiger partial charge in [-0.05, 0) is 31.2 Å². The molecule has 104 valence electrons. The zero-order chi connectivity index (χ0) is 14.3. The summed E-state index contributed by atoms with van der Waals surface area (Å²) in [5.74, 6) is 0.273. The minimum absolute atomic E-state index is 0.132. The molecule has 1 aromatic rings. The first-order valence-corrected chi connectivity index (χ1v) is 6.13. The number of carbonyl (C=O) groups excluding carboxylic acids is 2. The van der Waals surface area contributed by atoms with Crippen LogP contribution in [0.5, 0.6) is 5.75 Å². The van der Waals surface area contributed by atoms with Gasteiger partial charge in [0.1, 0.15) is 5.75 Å². The van der Waals surface area contributed by atoms with Crippen molar-refractivity contribution in [3.63, 3.8) is 0 Å². The van der Waals surface area contributed by atoms with Crippen molar-refractivity contribution >= 4 is 11.9 Å². The normalized spacial score (nSPS) is 9.84. The quantitative estimate of drug-likeness (QED) is 0.735. The highest BCUT2D eigenvalue weighted by Crippen LogP contribution is 2.12. The van der Waals surface area contributed by atoms with Crippen LogP contribution in [0.2, 0.25) is 0 Å². The molecule has 5 heteroatoms. The van der Waals surface area contributed by atoms with Crippen LogP contribution in [0.25, 0.3) is 0 Å². The lowest BCUT2D eigenvalue weighted by Crippen LogP contribution is -2.29. The average molecular weight is 265 g/mol. The van der Waals surface area contributed by atoms with E-state index < -0.39 is 0 Å². The number of rotatable bonds is 6. The maximum Gasteiger partial charge on any atom is 0.307 e. The van der Waals surface area contributed by atoms with Crippen molar-refractivity contribution in [2.24, 2.45) is 0 Å². The number of nitrogens with zero attached hydrogens (tertiary/aromatic N) is 1. The second kappa shape index (κ2) is 7.41. The number of ether oxygens (including phenoxy) is 2. The van der Waals surface area contributed by atoms with Gasteiger partial charge in [-0.15, -0.1) is 0 Å². The predicted molar refractivity (Wildman–Crippen MR) is 71.2 cm³/mol. The van der Waals surface area contributed by atoms with E-state index in [1.165, 1.54) is 4.90 Å². The predicted octanol–water partition coefficient (Wildman–Crippen LogP) is 1.72. The topological polar surface area (TPSA) is 55.8 Å². The Morgan fingerprint density at radius 3 is 2.37 bits per heavy atom. The Labute approximate surface area is 113 Å². The van der Waals surface area contributed by atoms with Gasteiger partial charge in [-0.3, -0.25) is 9.59 Å². The molecule has 1 aromatic carbocycles. The number of benzene rings is 1. The zero-order valence-corrected chi connectivity index (χ0v) is 11.5. The van der Waals surface area contributed by atoms with Gasteiger partial charge in [0.2, 0.25) is 0 Å². The molecule has 0 saturated carbocycles. The van der Waals surface area contributed by atoms with Gasteiger partial charge >= 0.3 is 5.97 Å². The summed E-state index contributed by atoms with van der Waals surface area (Å²) in [7, 11) is 3.23. The van der Waals surface area contributed by atoms with Gasteiger partial charge < -0.3 is 14.4 Å². The fraction of sp³-hybridized carbons (Fsp3) is 0.429. The summed E-state index contributed by atoms with van der Waals surface area (Å²) in [6.07, 6.45) is 0.201. The van der Waals surface area contributed by atoms with Crippen LogP contribution in [-0.2, 0) is 9.53 Å². The Balaban J connectivity index is 2.53. The van der Waals surface area contributed by atoms with Crippen molar-refractivity contribution in [2.45, 2.75) is 13.3 Å². The molecule has 0 bridgehead atoms. The number of hydrogen-bond donors (Lipinski definition) is 0. The van der Waals surface area contributed by atoms with E-state index in [9.17, 15) is 9.59 Å². The van der Waals surface area contributed by atoms with Crippen LogP contribution in [-0.4, -0.2) is 44.1 Å². The van der Waals surface area contributed by atoms with E-state index >= 15 is 0 Å². The van der Waals surface area contributed by atoms with Crippen LogP contribution in [0.15, 0.2) is 24.3 Å². The van der Waals surface area contributed by atoms with Crippen LogP contribution in [0.4, 0.5) is 0 Å². The Morgan fingerprint density at radius 1 is 1.21 bits per heavy atom. The van der Waals surface area contributed by atoms with Gasteiger partial charge in [0.15, 0.2) is 0 Å². The number of amides is 1. The largest absolute Gasteiger partial charge is 0.497 e. The van der Waals surface area contributed by atoms with Crippen LogP contribution in [0.1, 0.15) is 23.7 Å². The first-order chi connectivity index (χ1) is 9.08. The first-order valence-electron chi connectivity index (χ1n) is 6.13. The van der Waals surface area contributed by atoms with Gasteiger partial charge in [-0.2, -0.15) is 0 Å². The van der Waals surface area contributed by atoms with E-state index in [0.717, 1.165) is 0 Å². The summed E-state index contributed by atoms with van der Waals surface area (Å²) in [5.41, 5.74) is 0.562. The number of esters is 1. The van der Waals surface area contributed by atoms with Crippen molar-refractivity contribution in [2.75, 3.05) is 27.3 Å². The zero-order valence-electron chi connectivity index (χ0n) is 11.5. The summed E-state index contributed by atoms with van der Waals surface area (Å²) in [6.45, 7) is 2.45. The molecule has 0 heterocycles. The summed E-state index contributed by atoms with van der Waals surface area (Å²) in [4.78, 5) is 24.8. The van der Waals surface area contributed by atoms with E-state index in [1.54, 1.807) is 45.3 Å². The van der Waals surface area contributed by atoms with Crippen LogP contribution in [0, 0.1) is 0 Å². The third-order valence-electron chi connectivity index (χ3n) is 2.64. The molecule has 0 radical (unpaired) electrons. The molecular weight excluding hydrogens is 246 g/mol. The van der Waals surface area contributed by atoms with E-state index in [4.69, 9.17) is 9.47 Å². The van der Waals surface area contributed by atoms with Crippen LogP contribution in [0.3, 0.4) is 0 Å². The second-order valence-electron chi connectivity index (χ2n) is 4.01. The third-order valence-corrected chi connectivity index (χ3v) is 2.64. The SMILES string of the molecule is CCOC(=O)CCN(C)C(=O)c1ccc(OC)cc1. The monoisotopic (exact) mass is 265 g/mol. The molecule has 0 aliphatic rings.